The van der Waals surface area contributed by atoms with Gasteiger partial charge in [-0.3, -0.25) is 9.59 Å². The minimum absolute atomic E-state index is 0.250. The second kappa shape index (κ2) is 17.1. The Hall–Kier alpha value is -1.10. The second-order valence-corrected chi connectivity index (χ2v) is 1.98. The predicted octanol–water partition coefficient (Wildman–Crippen LogP) is 0.961. The van der Waals surface area contributed by atoms with Gasteiger partial charge in [-0.05, 0) is 13.3 Å². The maximum atomic E-state index is 9.60. The zero-order valence-corrected chi connectivity index (χ0v) is 8.28. The molecule has 0 unspecified atom stereocenters. The molecular formula is C8H18O5. The van der Waals surface area contributed by atoms with E-state index in [2.05, 4.69) is 0 Å². The molecule has 0 aliphatic rings. The Labute approximate surface area is 78.0 Å². The highest BCUT2D eigenvalue weighted by atomic mass is 16.4. The maximum absolute atomic E-state index is 9.60. The van der Waals surface area contributed by atoms with Crippen LogP contribution in [-0.4, -0.2) is 33.9 Å². The molecule has 0 radical (unpaired) electrons. The van der Waals surface area contributed by atoms with Crippen molar-refractivity contribution < 1.29 is 24.9 Å². The highest BCUT2D eigenvalue weighted by molar-refractivity contribution is 5.66. The lowest BCUT2D eigenvalue weighted by atomic mass is 10.4. The summed E-state index contributed by atoms with van der Waals surface area (Å²) in [5.41, 5.74) is 0. The first-order valence-corrected chi connectivity index (χ1v) is 3.94. The van der Waals surface area contributed by atoms with Gasteiger partial charge in [-0.2, -0.15) is 0 Å². The first kappa shape index (κ1) is 17.8. The molecule has 3 N–H and O–H groups in total. The molecule has 0 fully saturated rings. The number of aliphatic hydroxyl groups excluding tert-OH is 1. The number of carboxylic acid groups (broad SMARTS) is 2. The predicted molar refractivity (Wildman–Crippen MR) is 48.6 cm³/mol. The highest BCUT2D eigenvalue weighted by Crippen LogP contribution is 1.82. The van der Waals surface area contributed by atoms with Crippen LogP contribution >= 0.6 is 0 Å². The SMILES string of the molecule is CC(=O)O.CCCC(=O)O.CCO. The topological polar surface area (TPSA) is 94.8 Å². The third-order valence-corrected chi connectivity index (χ3v) is 0.464. The van der Waals surface area contributed by atoms with E-state index in [0.717, 1.165) is 13.3 Å². The molecule has 5 nitrogen and oxygen atoms in total. The highest BCUT2D eigenvalue weighted by Gasteiger charge is 1.87. The van der Waals surface area contributed by atoms with E-state index in [4.69, 9.17) is 20.1 Å². The summed E-state index contributed by atoms with van der Waals surface area (Å²) in [5.74, 6) is -1.54. The number of rotatable bonds is 2. The largest absolute Gasteiger partial charge is 0.481 e. The van der Waals surface area contributed by atoms with Gasteiger partial charge in [-0.15, -0.1) is 0 Å². The number of hydrogen-bond acceptors (Lipinski definition) is 3. The van der Waals surface area contributed by atoms with Crippen LogP contribution in [0.4, 0.5) is 0 Å². The van der Waals surface area contributed by atoms with Gasteiger partial charge in [-0.25, -0.2) is 0 Å². The van der Waals surface area contributed by atoms with Gasteiger partial charge in [0, 0.05) is 20.0 Å². The Bertz CT molecular complexity index is 118. The third-order valence-electron chi connectivity index (χ3n) is 0.464. The minimum Gasteiger partial charge on any atom is -0.481 e. The first-order valence-electron chi connectivity index (χ1n) is 3.94. The van der Waals surface area contributed by atoms with Crippen LogP contribution in [0.15, 0.2) is 0 Å². The molecule has 0 atom stereocenters. The van der Waals surface area contributed by atoms with Crippen molar-refractivity contribution in [2.75, 3.05) is 6.61 Å². The first-order chi connectivity index (χ1) is 5.92. The van der Waals surface area contributed by atoms with E-state index >= 15 is 0 Å². The zero-order chi connectivity index (χ0) is 11.3. The molecule has 0 aromatic carbocycles. The number of hydrogen-bond donors (Lipinski definition) is 3. The standard InChI is InChI=1S/C4H8O2.C2H4O2.C2H6O/c1-2-3-4(5)6;1-2(3)4;1-2-3/h2-3H2,1H3,(H,5,6);1H3,(H,3,4);3H,2H2,1H3. The van der Waals surface area contributed by atoms with Crippen LogP contribution in [0.1, 0.15) is 33.6 Å². The minimum atomic E-state index is -0.833. The monoisotopic (exact) mass is 194 g/mol. The molecule has 5 heteroatoms. The van der Waals surface area contributed by atoms with E-state index in [1.807, 2.05) is 6.92 Å². The van der Waals surface area contributed by atoms with Gasteiger partial charge in [0.15, 0.2) is 0 Å². The fraction of sp³-hybridized carbons (Fsp3) is 0.750. The van der Waals surface area contributed by atoms with Crippen molar-refractivity contribution in [2.45, 2.75) is 33.6 Å². The van der Waals surface area contributed by atoms with Crippen LogP contribution < -0.4 is 0 Å². The van der Waals surface area contributed by atoms with E-state index in [1.165, 1.54) is 0 Å². The van der Waals surface area contributed by atoms with Gasteiger partial charge in [0.1, 0.15) is 0 Å². The van der Waals surface area contributed by atoms with Crippen molar-refractivity contribution in [3.05, 3.63) is 0 Å². The fourth-order valence-corrected chi connectivity index (χ4v) is 0.214. The third kappa shape index (κ3) is 239. The Kier molecular flexibility index (Phi) is 23.5. The molecule has 0 saturated heterocycles. The Balaban J connectivity index is -0.000000125. The van der Waals surface area contributed by atoms with Crippen LogP contribution in [0.2, 0.25) is 0 Å². The lowest BCUT2D eigenvalue weighted by Gasteiger charge is -1.79. The molecule has 0 saturated carbocycles. The molecule has 0 aromatic rings. The molecule has 0 bridgehead atoms. The smallest absolute Gasteiger partial charge is 0.303 e. The summed E-state index contributed by atoms with van der Waals surface area (Å²) in [7, 11) is 0. The van der Waals surface area contributed by atoms with E-state index in [-0.39, 0.29) is 6.61 Å². The van der Waals surface area contributed by atoms with Gasteiger partial charge in [0.05, 0.1) is 0 Å². The van der Waals surface area contributed by atoms with Gasteiger partial charge < -0.3 is 15.3 Å². The maximum Gasteiger partial charge on any atom is 0.303 e. The van der Waals surface area contributed by atoms with Gasteiger partial charge in [-0.1, -0.05) is 6.92 Å². The quantitative estimate of drug-likeness (QED) is 0.608. The van der Waals surface area contributed by atoms with Crippen LogP contribution in [0.25, 0.3) is 0 Å². The Morgan fingerprint density at radius 1 is 1.15 bits per heavy atom. The normalized spacial score (nSPS) is 7.08. The number of carboxylic acids is 2. The summed E-state index contributed by atoms with van der Waals surface area (Å²) in [5, 5.41) is 22.9. The molecule has 0 aliphatic heterocycles. The van der Waals surface area contributed by atoms with Crippen LogP contribution in [0.3, 0.4) is 0 Å². The number of carbonyl (C=O) groups is 2. The molecule has 0 aromatic heterocycles. The van der Waals surface area contributed by atoms with Crippen LogP contribution in [0, 0.1) is 0 Å². The van der Waals surface area contributed by atoms with E-state index < -0.39 is 11.9 Å². The lowest BCUT2D eigenvalue weighted by Crippen LogP contribution is -1.90. The van der Waals surface area contributed by atoms with E-state index in [0.29, 0.717) is 6.42 Å². The van der Waals surface area contributed by atoms with E-state index in [1.54, 1.807) is 6.92 Å². The number of aliphatic hydroxyl groups is 1. The molecule has 13 heavy (non-hydrogen) atoms. The molecule has 0 amide bonds. The lowest BCUT2D eigenvalue weighted by molar-refractivity contribution is -0.137. The Morgan fingerprint density at radius 3 is 1.38 bits per heavy atom. The van der Waals surface area contributed by atoms with Crippen molar-refractivity contribution in [3.8, 4) is 0 Å². The zero-order valence-electron chi connectivity index (χ0n) is 8.28. The molecule has 0 aliphatic carbocycles. The summed E-state index contributed by atoms with van der Waals surface area (Å²) in [6.45, 7) is 4.86. The fourth-order valence-electron chi connectivity index (χ4n) is 0.214. The molecule has 0 rings (SSSR count). The van der Waals surface area contributed by atoms with Crippen molar-refractivity contribution >= 4 is 11.9 Å². The van der Waals surface area contributed by atoms with Crippen molar-refractivity contribution in [3.63, 3.8) is 0 Å². The van der Waals surface area contributed by atoms with Gasteiger partial charge in [0.25, 0.3) is 5.97 Å². The molecule has 80 valence electrons. The van der Waals surface area contributed by atoms with Crippen molar-refractivity contribution in [2.24, 2.45) is 0 Å². The molecular weight excluding hydrogens is 176 g/mol. The summed E-state index contributed by atoms with van der Waals surface area (Å²) < 4.78 is 0. The van der Waals surface area contributed by atoms with Crippen LogP contribution in [0.5, 0.6) is 0 Å². The summed E-state index contributed by atoms with van der Waals surface area (Å²) >= 11 is 0. The molecule has 0 heterocycles. The van der Waals surface area contributed by atoms with Crippen molar-refractivity contribution in [1.29, 1.82) is 0 Å². The average Bonchev–Trinajstić information content (AvgIpc) is 1.86. The van der Waals surface area contributed by atoms with E-state index in [9.17, 15) is 4.79 Å². The Morgan fingerprint density at radius 2 is 1.38 bits per heavy atom. The summed E-state index contributed by atoms with van der Waals surface area (Å²) in [6, 6.07) is 0. The summed E-state index contributed by atoms with van der Waals surface area (Å²) in [6.07, 6.45) is 1.02. The average molecular weight is 194 g/mol. The van der Waals surface area contributed by atoms with Gasteiger partial charge >= 0.3 is 5.97 Å². The summed E-state index contributed by atoms with van der Waals surface area (Å²) in [4.78, 5) is 18.6. The van der Waals surface area contributed by atoms with Crippen molar-refractivity contribution in [1.82, 2.24) is 0 Å². The molecule has 0 spiro atoms. The van der Waals surface area contributed by atoms with Gasteiger partial charge in [0.2, 0.25) is 0 Å². The number of aliphatic carboxylic acids is 2. The second-order valence-electron chi connectivity index (χ2n) is 1.98. The van der Waals surface area contributed by atoms with Crippen LogP contribution in [-0.2, 0) is 9.59 Å².